The van der Waals surface area contributed by atoms with Gasteiger partial charge in [-0.25, -0.2) is 0 Å². The second-order valence-corrected chi connectivity index (χ2v) is 6.42. The molecule has 1 fully saturated rings. The van der Waals surface area contributed by atoms with Crippen molar-refractivity contribution in [2.75, 3.05) is 0 Å². The normalized spacial score (nSPS) is 31.2. The monoisotopic (exact) mass is 261 g/mol. The molecule has 3 rings (SSSR count). The quantitative estimate of drug-likeness (QED) is 0.904. The van der Waals surface area contributed by atoms with Crippen molar-refractivity contribution < 1.29 is 0 Å². The molecule has 1 N–H and O–H groups in total. The van der Waals surface area contributed by atoms with Crippen LogP contribution in [0, 0.1) is 5.92 Å². The van der Waals surface area contributed by atoms with Crippen molar-refractivity contribution in [3.8, 4) is 0 Å². The highest BCUT2D eigenvalue weighted by molar-refractivity contribution is 5.24. The van der Waals surface area contributed by atoms with Crippen LogP contribution in [0.4, 0.5) is 0 Å². The molecule has 3 heteroatoms. The molecule has 3 nitrogen and oxygen atoms in total. The Labute approximate surface area is 116 Å². The topological polar surface area (TPSA) is 29.9 Å². The average molecular weight is 261 g/mol. The van der Waals surface area contributed by atoms with Gasteiger partial charge in [-0.2, -0.15) is 5.10 Å². The van der Waals surface area contributed by atoms with Crippen LogP contribution in [0.3, 0.4) is 0 Å². The molecule has 19 heavy (non-hydrogen) atoms. The molecule has 2 aliphatic rings. The van der Waals surface area contributed by atoms with Gasteiger partial charge in [-0.05, 0) is 38.0 Å². The van der Waals surface area contributed by atoms with Crippen molar-refractivity contribution >= 4 is 0 Å². The van der Waals surface area contributed by atoms with E-state index >= 15 is 0 Å². The molecule has 0 aromatic carbocycles. The Hall–Kier alpha value is -0.830. The van der Waals surface area contributed by atoms with Crippen molar-refractivity contribution in [1.82, 2.24) is 15.1 Å². The molecule has 2 aliphatic carbocycles. The van der Waals surface area contributed by atoms with Gasteiger partial charge in [-0.1, -0.05) is 26.2 Å². The van der Waals surface area contributed by atoms with Crippen LogP contribution < -0.4 is 5.32 Å². The Balaban J connectivity index is 1.67. The first kappa shape index (κ1) is 13.2. The summed E-state index contributed by atoms with van der Waals surface area (Å²) in [5.41, 5.74) is 2.92. The predicted octanol–water partition coefficient (Wildman–Crippen LogP) is 3.36. The summed E-state index contributed by atoms with van der Waals surface area (Å²) >= 11 is 0. The molecule has 106 valence electrons. The molecule has 0 amide bonds. The fourth-order valence-electron chi connectivity index (χ4n) is 3.98. The van der Waals surface area contributed by atoms with Crippen molar-refractivity contribution in [1.29, 1.82) is 0 Å². The SMILES string of the molecule is CCC1CCCC(NC2CCCc3c2cnn3C)C1. The van der Waals surface area contributed by atoms with E-state index in [1.807, 2.05) is 0 Å². The van der Waals surface area contributed by atoms with Crippen LogP contribution in [0.1, 0.15) is 69.2 Å². The van der Waals surface area contributed by atoms with E-state index in [0.29, 0.717) is 6.04 Å². The zero-order valence-electron chi connectivity index (χ0n) is 12.4. The van der Waals surface area contributed by atoms with E-state index in [-0.39, 0.29) is 0 Å². The van der Waals surface area contributed by atoms with Crippen LogP contribution in [0.25, 0.3) is 0 Å². The summed E-state index contributed by atoms with van der Waals surface area (Å²) in [4.78, 5) is 0. The van der Waals surface area contributed by atoms with Crippen LogP contribution in [0.2, 0.25) is 0 Å². The molecular formula is C16H27N3. The van der Waals surface area contributed by atoms with Gasteiger partial charge in [0.25, 0.3) is 0 Å². The minimum absolute atomic E-state index is 0.554. The van der Waals surface area contributed by atoms with Gasteiger partial charge < -0.3 is 5.32 Å². The third-order valence-corrected chi connectivity index (χ3v) is 5.17. The van der Waals surface area contributed by atoms with E-state index in [2.05, 4.69) is 35.3 Å². The van der Waals surface area contributed by atoms with Gasteiger partial charge >= 0.3 is 0 Å². The van der Waals surface area contributed by atoms with Crippen molar-refractivity contribution in [2.45, 2.75) is 70.4 Å². The third kappa shape index (κ3) is 2.71. The van der Waals surface area contributed by atoms with E-state index in [4.69, 9.17) is 0 Å². The molecule has 0 bridgehead atoms. The van der Waals surface area contributed by atoms with Gasteiger partial charge in [0.15, 0.2) is 0 Å². The Bertz CT molecular complexity index is 424. The van der Waals surface area contributed by atoms with Crippen LogP contribution >= 0.6 is 0 Å². The Morgan fingerprint density at radius 2 is 2.21 bits per heavy atom. The van der Waals surface area contributed by atoms with Gasteiger partial charge in [0, 0.05) is 30.4 Å². The van der Waals surface area contributed by atoms with Gasteiger partial charge in [0.1, 0.15) is 0 Å². The fourth-order valence-corrected chi connectivity index (χ4v) is 3.98. The highest BCUT2D eigenvalue weighted by Crippen LogP contribution is 2.33. The summed E-state index contributed by atoms with van der Waals surface area (Å²) in [6, 6.07) is 1.29. The zero-order chi connectivity index (χ0) is 13.2. The van der Waals surface area contributed by atoms with Crippen LogP contribution in [-0.2, 0) is 13.5 Å². The Kier molecular flexibility index (Phi) is 3.92. The largest absolute Gasteiger partial charge is 0.307 e. The lowest BCUT2D eigenvalue weighted by molar-refractivity contribution is 0.254. The maximum atomic E-state index is 4.45. The molecule has 0 spiro atoms. The highest BCUT2D eigenvalue weighted by Gasteiger charge is 2.27. The molecule has 1 aromatic rings. The zero-order valence-corrected chi connectivity index (χ0v) is 12.4. The van der Waals surface area contributed by atoms with Gasteiger partial charge in [-0.15, -0.1) is 0 Å². The summed E-state index contributed by atoms with van der Waals surface area (Å²) in [7, 11) is 2.08. The van der Waals surface area contributed by atoms with Crippen molar-refractivity contribution in [2.24, 2.45) is 13.0 Å². The van der Waals surface area contributed by atoms with E-state index in [9.17, 15) is 0 Å². The molecule has 0 saturated heterocycles. The van der Waals surface area contributed by atoms with Crippen LogP contribution in [-0.4, -0.2) is 15.8 Å². The lowest BCUT2D eigenvalue weighted by Gasteiger charge is -2.34. The lowest BCUT2D eigenvalue weighted by Crippen LogP contribution is -2.38. The highest BCUT2D eigenvalue weighted by atomic mass is 15.3. The third-order valence-electron chi connectivity index (χ3n) is 5.17. The first-order chi connectivity index (χ1) is 9.28. The minimum Gasteiger partial charge on any atom is -0.307 e. The smallest absolute Gasteiger partial charge is 0.0540 e. The molecule has 1 heterocycles. The molecule has 1 saturated carbocycles. The minimum atomic E-state index is 0.554. The molecule has 1 aromatic heterocycles. The molecule has 3 unspecified atom stereocenters. The number of aromatic nitrogens is 2. The molecule has 0 aliphatic heterocycles. The molecule has 3 atom stereocenters. The van der Waals surface area contributed by atoms with Crippen molar-refractivity contribution in [3.63, 3.8) is 0 Å². The standard InChI is InChI=1S/C16H27N3/c1-3-12-6-4-7-13(10-12)18-15-8-5-9-16-14(15)11-17-19(16)2/h11-13,15,18H,3-10H2,1-2H3. The lowest BCUT2D eigenvalue weighted by atomic mass is 9.83. The second kappa shape index (κ2) is 5.66. The van der Waals surface area contributed by atoms with Gasteiger partial charge in [0.2, 0.25) is 0 Å². The summed E-state index contributed by atoms with van der Waals surface area (Å²) in [6.45, 7) is 2.34. The van der Waals surface area contributed by atoms with Crippen LogP contribution in [0.15, 0.2) is 6.20 Å². The van der Waals surface area contributed by atoms with Gasteiger partial charge in [-0.3, -0.25) is 4.68 Å². The summed E-state index contributed by atoms with van der Waals surface area (Å²) in [5, 5.41) is 8.39. The first-order valence-electron chi connectivity index (χ1n) is 8.04. The predicted molar refractivity (Wildman–Crippen MR) is 78.1 cm³/mol. The second-order valence-electron chi connectivity index (χ2n) is 6.42. The summed E-state index contributed by atoms with van der Waals surface area (Å²) in [5.74, 6) is 0.947. The number of fused-ring (bicyclic) bond motifs is 1. The maximum absolute atomic E-state index is 4.45. The fraction of sp³-hybridized carbons (Fsp3) is 0.812. The number of nitrogens with zero attached hydrogens (tertiary/aromatic N) is 2. The molecule has 0 radical (unpaired) electrons. The Morgan fingerprint density at radius 3 is 3.05 bits per heavy atom. The van der Waals surface area contributed by atoms with Crippen molar-refractivity contribution in [3.05, 3.63) is 17.5 Å². The van der Waals surface area contributed by atoms with Gasteiger partial charge in [0.05, 0.1) is 6.20 Å². The summed E-state index contributed by atoms with van der Waals surface area (Å²) in [6.07, 6.45) is 12.8. The molecular weight excluding hydrogens is 234 g/mol. The number of nitrogens with one attached hydrogen (secondary N) is 1. The van der Waals surface area contributed by atoms with E-state index in [1.165, 1.54) is 62.6 Å². The number of rotatable bonds is 3. The summed E-state index contributed by atoms with van der Waals surface area (Å²) < 4.78 is 2.07. The van der Waals surface area contributed by atoms with E-state index < -0.39 is 0 Å². The Morgan fingerprint density at radius 1 is 1.32 bits per heavy atom. The number of hydrogen-bond acceptors (Lipinski definition) is 2. The first-order valence-corrected chi connectivity index (χ1v) is 8.04. The average Bonchev–Trinajstić information content (AvgIpc) is 2.82. The maximum Gasteiger partial charge on any atom is 0.0540 e. The van der Waals surface area contributed by atoms with Crippen LogP contribution in [0.5, 0.6) is 0 Å². The van der Waals surface area contributed by atoms with E-state index in [0.717, 1.165) is 12.0 Å². The number of aryl methyl sites for hydroxylation is 1. The number of hydrogen-bond donors (Lipinski definition) is 1. The van der Waals surface area contributed by atoms with E-state index in [1.54, 1.807) is 0 Å².